The van der Waals surface area contributed by atoms with Gasteiger partial charge in [-0.25, -0.2) is 0 Å². The number of hydrogen-bond acceptors (Lipinski definition) is 10. The van der Waals surface area contributed by atoms with Crippen molar-refractivity contribution in [1.82, 2.24) is 0 Å². The highest BCUT2D eigenvalue weighted by atomic mass is 16.6. The molecule has 0 aromatic rings. The van der Waals surface area contributed by atoms with Crippen molar-refractivity contribution in [2.45, 2.75) is 52.1 Å². The van der Waals surface area contributed by atoms with Crippen LogP contribution in [0.4, 0.5) is 0 Å². The molecule has 1 atom stereocenters. The Labute approximate surface area is 206 Å². The zero-order chi connectivity index (χ0) is 25.4. The molecule has 208 valence electrons. The molecule has 0 spiro atoms. The summed E-state index contributed by atoms with van der Waals surface area (Å²) in [6.07, 6.45) is 6.00. The van der Waals surface area contributed by atoms with Crippen molar-refractivity contribution in [2.75, 3.05) is 106 Å². The van der Waals surface area contributed by atoms with Gasteiger partial charge in [0.15, 0.2) is 0 Å². The Hall–Kier alpha value is -0.400. The van der Waals surface area contributed by atoms with E-state index < -0.39 is 0 Å². The zero-order valence-electron chi connectivity index (χ0n) is 21.6. The van der Waals surface area contributed by atoms with Crippen molar-refractivity contribution >= 4 is 0 Å². The molecule has 0 amide bonds. The summed E-state index contributed by atoms with van der Waals surface area (Å²) >= 11 is 0. The standard InChI is InChI=1S/C14H30O8.C10H22O2/c15-1-3-17-5-7-19-9-11-21-13-14-22-12-10-20-8-6-18-4-2-16;1-3-4-5-6-7-8-12-9-10(2)11/h15-16H,1-14H2;10-11H,3-9H2,1-2H3. The highest BCUT2D eigenvalue weighted by Crippen LogP contribution is 2.02. The first-order valence-electron chi connectivity index (χ1n) is 12.6. The second kappa shape index (κ2) is 34.8. The molecule has 1 unspecified atom stereocenters. The summed E-state index contributed by atoms with van der Waals surface area (Å²) in [5.41, 5.74) is 0. The van der Waals surface area contributed by atoms with Gasteiger partial charge in [-0.2, -0.15) is 0 Å². The van der Waals surface area contributed by atoms with Gasteiger partial charge in [0.1, 0.15) is 0 Å². The van der Waals surface area contributed by atoms with Gasteiger partial charge in [0.25, 0.3) is 0 Å². The minimum Gasteiger partial charge on any atom is -0.394 e. The second-order valence-corrected chi connectivity index (χ2v) is 7.46. The van der Waals surface area contributed by atoms with Gasteiger partial charge in [-0.05, 0) is 13.3 Å². The second-order valence-electron chi connectivity index (χ2n) is 7.46. The van der Waals surface area contributed by atoms with Gasteiger partial charge in [-0.3, -0.25) is 0 Å². The molecule has 0 aliphatic rings. The maximum atomic E-state index is 8.87. The maximum absolute atomic E-state index is 8.87. The normalized spacial score (nSPS) is 11.9. The van der Waals surface area contributed by atoms with Crippen LogP contribution in [0.2, 0.25) is 0 Å². The molecule has 0 aliphatic carbocycles. The number of unbranched alkanes of at least 4 members (excludes halogenated alkanes) is 4. The Bertz CT molecular complexity index is 315. The number of rotatable bonds is 27. The van der Waals surface area contributed by atoms with E-state index in [4.69, 9.17) is 48.5 Å². The lowest BCUT2D eigenvalue weighted by Crippen LogP contribution is -2.14. The van der Waals surface area contributed by atoms with Gasteiger partial charge in [0.2, 0.25) is 0 Å². The van der Waals surface area contributed by atoms with E-state index in [-0.39, 0.29) is 19.3 Å². The fraction of sp³-hybridized carbons (Fsp3) is 1.00. The molecule has 10 nitrogen and oxygen atoms in total. The van der Waals surface area contributed by atoms with Crippen molar-refractivity contribution < 1.29 is 48.5 Å². The first kappa shape index (κ1) is 35.8. The Morgan fingerprint density at radius 2 is 0.824 bits per heavy atom. The fourth-order valence-corrected chi connectivity index (χ4v) is 2.39. The lowest BCUT2D eigenvalue weighted by atomic mass is 10.2. The van der Waals surface area contributed by atoms with Crippen molar-refractivity contribution in [3.8, 4) is 0 Å². The van der Waals surface area contributed by atoms with Crippen LogP contribution in [0.5, 0.6) is 0 Å². The summed E-state index contributed by atoms with van der Waals surface area (Å²) in [5, 5.41) is 25.8. The summed E-state index contributed by atoms with van der Waals surface area (Å²) in [7, 11) is 0. The molecule has 0 aliphatic heterocycles. The fourth-order valence-electron chi connectivity index (χ4n) is 2.39. The Morgan fingerprint density at radius 1 is 0.471 bits per heavy atom. The topological polar surface area (TPSA) is 125 Å². The molecular formula is C24H52O10. The minimum absolute atomic E-state index is 0.0334. The summed E-state index contributed by atoms with van der Waals surface area (Å²) in [5.74, 6) is 0. The first-order chi connectivity index (χ1) is 16.7. The number of hydrogen-bond donors (Lipinski definition) is 3. The lowest BCUT2D eigenvalue weighted by Gasteiger charge is -2.07. The highest BCUT2D eigenvalue weighted by molar-refractivity contribution is 4.44. The summed E-state index contributed by atoms with van der Waals surface area (Å²) < 4.78 is 36.5. The number of aliphatic hydroxyl groups excluding tert-OH is 3. The monoisotopic (exact) mass is 500 g/mol. The maximum Gasteiger partial charge on any atom is 0.0745 e. The third kappa shape index (κ3) is 38.8. The Kier molecular flexibility index (Phi) is 36.6. The van der Waals surface area contributed by atoms with E-state index in [0.29, 0.717) is 85.9 Å². The summed E-state index contributed by atoms with van der Waals surface area (Å²) in [4.78, 5) is 0. The average molecular weight is 501 g/mol. The zero-order valence-corrected chi connectivity index (χ0v) is 21.6. The van der Waals surface area contributed by atoms with E-state index in [1.165, 1.54) is 25.7 Å². The van der Waals surface area contributed by atoms with Crippen LogP contribution < -0.4 is 0 Å². The quantitative estimate of drug-likeness (QED) is 0.143. The molecule has 0 radical (unpaired) electrons. The van der Waals surface area contributed by atoms with Crippen molar-refractivity contribution in [3.05, 3.63) is 0 Å². The molecule has 3 N–H and O–H groups in total. The molecule has 0 rings (SSSR count). The molecular weight excluding hydrogens is 448 g/mol. The van der Waals surface area contributed by atoms with Crippen LogP contribution in [0.1, 0.15) is 46.0 Å². The van der Waals surface area contributed by atoms with E-state index in [1.807, 2.05) is 0 Å². The highest BCUT2D eigenvalue weighted by Gasteiger charge is 1.95. The number of ether oxygens (including phenoxy) is 7. The predicted molar refractivity (Wildman–Crippen MR) is 130 cm³/mol. The van der Waals surface area contributed by atoms with Crippen LogP contribution >= 0.6 is 0 Å². The van der Waals surface area contributed by atoms with Crippen LogP contribution in [0.15, 0.2) is 0 Å². The molecule has 0 aromatic carbocycles. The van der Waals surface area contributed by atoms with Crippen LogP contribution in [0.25, 0.3) is 0 Å². The van der Waals surface area contributed by atoms with E-state index in [9.17, 15) is 0 Å². The van der Waals surface area contributed by atoms with Crippen LogP contribution in [-0.4, -0.2) is 127 Å². The molecule has 0 saturated carbocycles. The van der Waals surface area contributed by atoms with Crippen molar-refractivity contribution in [2.24, 2.45) is 0 Å². The van der Waals surface area contributed by atoms with Gasteiger partial charge in [-0.1, -0.05) is 32.6 Å². The van der Waals surface area contributed by atoms with Gasteiger partial charge < -0.3 is 48.5 Å². The van der Waals surface area contributed by atoms with Gasteiger partial charge >= 0.3 is 0 Å². The Morgan fingerprint density at radius 3 is 1.15 bits per heavy atom. The minimum atomic E-state index is -0.319. The van der Waals surface area contributed by atoms with E-state index in [0.717, 1.165) is 13.0 Å². The SMILES string of the molecule is CCCCCCCOCC(C)O.OCCOCCOCCOCCOCCOCCOCCO. The van der Waals surface area contributed by atoms with Crippen molar-refractivity contribution in [3.63, 3.8) is 0 Å². The third-order valence-electron chi connectivity index (χ3n) is 4.08. The van der Waals surface area contributed by atoms with E-state index in [2.05, 4.69) is 6.92 Å². The third-order valence-corrected chi connectivity index (χ3v) is 4.08. The molecule has 0 heterocycles. The van der Waals surface area contributed by atoms with E-state index >= 15 is 0 Å². The van der Waals surface area contributed by atoms with Crippen LogP contribution in [-0.2, 0) is 33.2 Å². The first-order valence-corrected chi connectivity index (χ1v) is 12.6. The lowest BCUT2D eigenvalue weighted by molar-refractivity contribution is -0.0194. The molecule has 0 bridgehead atoms. The summed E-state index contributed by atoms with van der Waals surface area (Å²) in [6.45, 7) is 11.0. The Balaban J connectivity index is 0. The van der Waals surface area contributed by atoms with Gasteiger partial charge in [0, 0.05) is 6.61 Å². The molecule has 0 fully saturated rings. The van der Waals surface area contributed by atoms with Gasteiger partial charge in [0.05, 0.1) is 105 Å². The molecule has 34 heavy (non-hydrogen) atoms. The van der Waals surface area contributed by atoms with Crippen molar-refractivity contribution in [1.29, 1.82) is 0 Å². The average Bonchev–Trinajstić information content (AvgIpc) is 2.83. The molecule has 10 heteroatoms. The van der Waals surface area contributed by atoms with Gasteiger partial charge in [-0.15, -0.1) is 0 Å². The van der Waals surface area contributed by atoms with Crippen LogP contribution in [0.3, 0.4) is 0 Å². The van der Waals surface area contributed by atoms with E-state index in [1.54, 1.807) is 6.92 Å². The van der Waals surface area contributed by atoms with Crippen LogP contribution in [0, 0.1) is 0 Å². The summed E-state index contributed by atoms with van der Waals surface area (Å²) in [6, 6.07) is 0. The smallest absolute Gasteiger partial charge is 0.0745 e. The number of aliphatic hydroxyl groups is 3. The molecule has 0 saturated heterocycles. The molecule has 0 aromatic heterocycles. The largest absolute Gasteiger partial charge is 0.394 e. The predicted octanol–water partition coefficient (Wildman–Crippen LogP) is 1.42.